The number of amides is 1. The Morgan fingerprint density at radius 3 is 2.96 bits per heavy atom. The average Bonchev–Trinajstić information content (AvgIpc) is 3.05. The lowest BCUT2D eigenvalue weighted by Crippen LogP contribution is -2.32. The van der Waals surface area contributed by atoms with Crippen LogP contribution in [0, 0.1) is 0 Å². The van der Waals surface area contributed by atoms with Crippen LogP contribution >= 0.6 is 11.3 Å². The van der Waals surface area contributed by atoms with Gasteiger partial charge in [-0.25, -0.2) is 10.3 Å². The Bertz CT molecular complexity index is 719. The molecule has 1 fully saturated rings. The maximum absolute atomic E-state index is 12.3. The number of hydroxylamine groups is 1. The summed E-state index contributed by atoms with van der Waals surface area (Å²) in [5.74, 6) is -0.184. The highest BCUT2D eigenvalue weighted by atomic mass is 32.1. The largest absolute Gasteiger partial charge is 0.350 e. The molecule has 1 amide bonds. The van der Waals surface area contributed by atoms with Crippen LogP contribution in [0.1, 0.15) is 40.1 Å². The molecule has 0 radical (unpaired) electrons. The summed E-state index contributed by atoms with van der Waals surface area (Å²) in [6.07, 6.45) is 4.67. The van der Waals surface area contributed by atoms with Crippen LogP contribution in [-0.4, -0.2) is 18.8 Å². The molecule has 2 heterocycles. The minimum Gasteiger partial charge on any atom is -0.350 e. The van der Waals surface area contributed by atoms with Gasteiger partial charge in [-0.05, 0) is 48.4 Å². The topological polar surface area (TPSA) is 47.6 Å². The second-order valence-corrected chi connectivity index (χ2v) is 7.02. The van der Waals surface area contributed by atoms with Crippen molar-refractivity contribution in [2.75, 3.05) is 6.61 Å². The van der Waals surface area contributed by atoms with Crippen LogP contribution in [0.3, 0.4) is 0 Å². The number of benzene rings is 1. The maximum Gasteiger partial charge on any atom is 0.285 e. The van der Waals surface area contributed by atoms with Crippen molar-refractivity contribution in [2.45, 2.75) is 38.4 Å². The third-order valence-electron chi connectivity index (χ3n) is 4.38. The predicted molar refractivity (Wildman–Crippen MR) is 89.3 cm³/mol. The average molecular weight is 329 g/mol. The first kappa shape index (κ1) is 14.9. The smallest absolute Gasteiger partial charge is 0.285 e. The van der Waals surface area contributed by atoms with Gasteiger partial charge in [0, 0.05) is 17.9 Å². The van der Waals surface area contributed by atoms with Gasteiger partial charge in [-0.2, -0.15) is 0 Å². The van der Waals surface area contributed by atoms with Gasteiger partial charge in [-0.1, -0.05) is 24.3 Å². The van der Waals surface area contributed by atoms with Gasteiger partial charge in [0.15, 0.2) is 6.29 Å². The molecule has 1 aromatic heterocycles. The zero-order valence-electron chi connectivity index (χ0n) is 12.8. The molecule has 2 aliphatic rings. The SMILES string of the molecule is O=C(NO[C@H]1CCCCO1)c1cc2c(s1)-c1ccccc1CC2. The molecule has 4 nitrogen and oxygen atoms in total. The van der Waals surface area contributed by atoms with Gasteiger partial charge in [0.1, 0.15) is 0 Å². The van der Waals surface area contributed by atoms with Crippen molar-refractivity contribution in [3.63, 3.8) is 0 Å². The molecule has 0 saturated carbocycles. The van der Waals surface area contributed by atoms with Crippen molar-refractivity contribution in [1.29, 1.82) is 0 Å². The number of hydrogen-bond donors (Lipinski definition) is 1. The number of hydrogen-bond acceptors (Lipinski definition) is 4. The van der Waals surface area contributed by atoms with Gasteiger partial charge in [0.05, 0.1) is 4.88 Å². The lowest BCUT2D eigenvalue weighted by molar-refractivity contribution is -0.186. The molecule has 1 aromatic carbocycles. The van der Waals surface area contributed by atoms with Crippen LogP contribution in [0.25, 0.3) is 10.4 Å². The Kier molecular flexibility index (Phi) is 4.16. The van der Waals surface area contributed by atoms with Gasteiger partial charge in [-0.15, -0.1) is 11.3 Å². The van der Waals surface area contributed by atoms with E-state index in [1.807, 2.05) is 6.07 Å². The number of carbonyl (C=O) groups is 1. The molecule has 2 aromatic rings. The molecule has 1 atom stereocenters. The number of fused-ring (bicyclic) bond motifs is 3. The molecule has 1 aliphatic carbocycles. The van der Waals surface area contributed by atoms with E-state index in [0.29, 0.717) is 11.5 Å². The van der Waals surface area contributed by atoms with Gasteiger partial charge in [-0.3, -0.25) is 4.79 Å². The summed E-state index contributed by atoms with van der Waals surface area (Å²) >= 11 is 1.54. The number of aryl methyl sites for hydroxylation is 2. The Balaban J connectivity index is 1.48. The number of thiophene rings is 1. The van der Waals surface area contributed by atoms with Crippen molar-refractivity contribution >= 4 is 17.2 Å². The lowest BCUT2D eigenvalue weighted by Gasteiger charge is -2.21. The zero-order valence-corrected chi connectivity index (χ0v) is 13.7. The number of rotatable bonds is 3. The van der Waals surface area contributed by atoms with Crippen LogP contribution in [0.2, 0.25) is 0 Å². The van der Waals surface area contributed by atoms with Crippen molar-refractivity contribution in [2.24, 2.45) is 0 Å². The monoisotopic (exact) mass is 329 g/mol. The quantitative estimate of drug-likeness (QED) is 0.874. The highest BCUT2D eigenvalue weighted by Crippen LogP contribution is 2.39. The van der Waals surface area contributed by atoms with Crippen molar-refractivity contribution < 1.29 is 14.4 Å². The van der Waals surface area contributed by atoms with Gasteiger partial charge < -0.3 is 4.74 Å². The highest BCUT2D eigenvalue weighted by molar-refractivity contribution is 7.17. The van der Waals surface area contributed by atoms with Crippen LogP contribution in [-0.2, 0) is 22.4 Å². The summed E-state index contributed by atoms with van der Waals surface area (Å²) in [6.45, 7) is 0.699. The van der Waals surface area contributed by atoms with E-state index in [-0.39, 0.29) is 12.2 Å². The Morgan fingerprint density at radius 1 is 1.22 bits per heavy atom. The van der Waals surface area contributed by atoms with E-state index in [4.69, 9.17) is 9.57 Å². The molecular formula is C18H19NO3S. The van der Waals surface area contributed by atoms with E-state index in [0.717, 1.165) is 32.1 Å². The fourth-order valence-corrected chi connectivity index (χ4v) is 4.31. The first-order chi connectivity index (χ1) is 11.3. The molecular weight excluding hydrogens is 310 g/mol. The minimum atomic E-state index is -0.317. The van der Waals surface area contributed by atoms with E-state index >= 15 is 0 Å². The molecule has 0 unspecified atom stereocenters. The third-order valence-corrected chi connectivity index (χ3v) is 5.59. The molecule has 120 valence electrons. The summed E-state index contributed by atoms with van der Waals surface area (Å²) in [6, 6.07) is 10.4. The van der Waals surface area contributed by atoms with Crippen molar-refractivity contribution in [1.82, 2.24) is 5.48 Å². The van der Waals surface area contributed by atoms with E-state index in [1.54, 1.807) is 0 Å². The molecule has 0 bridgehead atoms. The summed E-state index contributed by atoms with van der Waals surface area (Å²) in [4.78, 5) is 19.6. The van der Waals surface area contributed by atoms with E-state index in [1.165, 1.54) is 32.9 Å². The molecule has 1 aliphatic heterocycles. The number of ether oxygens (including phenoxy) is 1. The molecule has 4 rings (SSSR count). The molecule has 1 saturated heterocycles. The molecule has 1 N–H and O–H groups in total. The fraction of sp³-hybridized carbons (Fsp3) is 0.389. The van der Waals surface area contributed by atoms with Crippen molar-refractivity contribution in [3.05, 3.63) is 46.3 Å². The highest BCUT2D eigenvalue weighted by Gasteiger charge is 2.22. The number of carbonyl (C=O) groups excluding carboxylic acids is 1. The number of nitrogens with one attached hydrogen (secondary N) is 1. The first-order valence-corrected chi connectivity index (χ1v) is 8.91. The van der Waals surface area contributed by atoms with Crippen LogP contribution in [0.4, 0.5) is 0 Å². The Labute approximate surface area is 139 Å². The second-order valence-electron chi connectivity index (χ2n) is 5.97. The van der Waals surface area contributed by atoms with Gasteiger partial charge >= 0.3 is 0 Å². The van der Waals surface area contributed by atoms with E-state index in [9.17, 15) is 4.79 Å². The van der Waals surface area contributed by atoms with E-state index in [2.05, 4.69) is 29.7 Å². The Morgan fingerprint density at radius 2 is 2.09 bits per heavy atom. The lowest BCUT2D eigenvalue weighted by atomic mass is 9.91. The predicted octanol–water partition coefficient (Wildman–Crippen LogP) is 3.70. The second kappa shape index (κ2) is 6.43. The summed E-state index contributed by atoms with van der Waals surface area (Å²) < 4.78 is 5.46. The van der Waals surface area contributed by atoms with Gasteiger partial charge in [0.25, 0.3) is 5.91 Å². The summed E-state index contributed by atoms with van der Waals surface area (Å²) in [5.41, 5.74) is 6.43. The van der Waals surface area contributed by atoms with Gasteiger partial charge in [0.2, 0.25) is 0 Å². The van der Waals surface area contributed by atoms with Crippen molar-refractivity contribution in [3.8, 4) is 10.4 Å². The normalized spacial score (nSPS) is 19.7. The molecule has 5 heteroatoms. The molecule has 0 spiro atoms. The fourth-order valence-electron chi connectivity index (χ4n) is 3.16. The maximum atomic E-state index is 12.3. The zero-order chi connectivity index (χ0) is 15.6. The van der Waals surface area contributed by atoms with Crippen LogP contribution < -0.4 is 5.48 Å². The first-order valence-electron chi connectivity index (χ1n) is 8.10. The van der Waals surface area contributed by atoms with E-state index < -0.39 is 0 Å². The standard InChI is InChI=1S/C18H19NO3S/c20-18(19-22-16-7-3-4-10-21-16)15-11-13-9-8-12-5-1-2-6-14(12)17(13)23-15/h1-2,5-6,11,16H,3-4,7-10H2,(H,19,20)/t16-/m0/s1. The molecule has 23 heavy (non-hydrogen) atoms. The van der Waals surface area contributed by atoms with Crippen LogP contribution in [0.15, 0.2) is 30.3 Å². The summed E-state index contributed by atoms with van der Waals surface area (Å²) in [5, 5.41) is 0. The minimum absolute atomic E-state index is 0.184. The summed E-state index contributed by atoms with van der Waals surface area (Å²) in [7, 11) is 0. The Hall–Kier alpha value is -1.69. The van der Waals surface area contributed by atoms with Crippen LogP contribution in [0.5, 0.6) is 0 Å². The third kappa shape index (κ3) is 3.04.